The molecule has 8 nitrogen and oxygen atoms in total. The van der Waals surface area contributed by atoms with Gasteiger partial charge in [0.05, 0.1) is 19.2 Å². The standard InChI is InChI=1S/C27H26N4O4S/c1-17-12-13-22(18(2)14-17)30-24(32)16-23(26(34)28-20-10-7-11-21(15-20)35-3)31(27(30)36)29-25(33)19-8-5-4-6-9-19/h4-15,23H,16H2,1-3H3,(H,28,34)(H,29,33). The van der Waals surface area contributed by atoms with Gasteiger partial charge in [-0.05, 0) is 62.0 Å². The summed E-state index contributed by atoms with van der Waals surface area (Å²) in [6, 6.07) is 20.0. The molecule has 9 heteroatoms. The molecule has 1 atom stereocenters. The predicted molar refractivity (Wildman–Crippen MR) is 142 cm³/mol. The molecule has 0 aromatic heterocycles. The molecular formula is C27H26N4O4S. The topological polar surface area (TPSA) is 91.0 Å². The van der Waals surface area contributed by atoms with Crippen LogP contribution < -0.4 is 20.4 Å². The van der Waals surface area contributed by atoms with Crippen molar-refractivity contribution in [2.75, 3.05) is 17.3 Å². The molecule has 36 heavy (non-hydrogen) atoms. The summed E-state index contributed by atoms with van der Waals surface area (Å²) in [5.41, 5.74) is 6.11. The molecule has 0 saturated carbocycles. The van der Waals surface area contributed by atoms with Crippen molar-refractivity contribution in [2.45, 2.75) is 26.3 Å². The Labute approximate surface area is 214 Å². The first kappa shape index (κ1) is 24.9. The molecule has 3 amide bonds. The summed E-state index contributed by atoms with van der Waals surface area (Å²) in [5, 5.41) is 4.10. The van der Waals surface area contributed by atoms with Gasteiger partial charge in [-0.25, -0.2) is 5.01 Å². The number of aryl methyl sites for hydroxylation is 2. The number of nitrogens with zero attached hydrogens (tertiary/aromatic N) is 2. The number of amides is 3. The van der Waals surface area contributed by atoms with E-state index in [-0.39, 0.29) is 17.4 Å². The van der Waals surface area contributed by atoms with Gasteiger partial charge in [-0.3, -0.25) is 24.7 Å². The molecule has 1 fully saturated rings. The van der Waals surface area contributed by atoms with Gasteiger partial charge in [0.1, 0.15) is 11.8 Å². The van der Waals surface area contributed by atoms with Crippen molar-refractivity contribution in [2.24, 2.45) is 0 Å². The first-order valence-electron chi connectivity index (χ1n) is 11.3. The summed E-state index contributed by atoms with van der Waals surface area (Å²) in [6.45, 7) is 3.84. The van der Waals surface area contributed by atoms with Gasteiger partial charge in [0, 0.05) is 17.3 Å². The molecule has 3 aromatic rings. The number of anilines is 2. The maximum Gasteiger partial charge on any atom is 0.269 e. The highest BCUT2D eigenvalue weighted by molar-refractivity contribution is 7.80. The Morgan fingerprint density at radius 2 is 1.75 bits per heavy atom. The van der Waals surface area contributed by atoms with Crippen molar-refractivity contribution in [3.05, 3.63) is 89.5 Å². The average molecular weight is 503 g/mol. The fourth-order valence-electron chi connectivity index (χ4n) is 4.01. The van der Waals surface area contributed by atoms with Gasteiger partial charge in [-0.2, -0.15) is 0 Å². The van der Waals surface area contributed by atoms with Gasteiger partial charge in [0.25, 0.3) is 5.91 Å². The van der Waals surface area contributed by atoms with Crippen molar-refractivity contribution in [1.82, 2.24) is 10.4 Å². The van der Waals surface area contributed by atoms with E-state index in [2.05, 4.69) is 10.7 Å². The second-order valence-electron chi connectivity index (χ2n) is 8.42. The van der Waals surface area contributed by atoms with E-state index in [1.807, 2.05) is 32.0 Å². The van der Waals surface area contributed by atoms with Crippen molar-refractivity contribution in [3.63, 3.8) is 0 Å². The minimum atomic E-state index is -1.06. The fraction of sp³-hybridized carbons (Fsp3) is 0.185. The molecule has 1 unspecified atom stereocenters. The Hall–Kier alpha value is -4.24. The lowest BCUT2D eigenvalue weighted by Crippen LogP contribution is -2.65. The summed E-state index contributed by atoms with van der Waals surface area (Å²) in [4.78, 5) is 41.1. The normalized spacial score (nSPS) is 15.5. The van der Waals surface area contributed by atoms with Crippen LogP contribution in [0.4, 0.5) is 11.4 Å². The van der Waals surface area contributed by atoms with E-state index in [0.29, 0.717) is 22.7 Å². The lowest BCUT2D eigenvalue weighted by molar-refractivity contribution is -0.127. The van der Waals surface area contributed by atoms with Crippen LogP contribution in [0.3, 0.4) is 0 Å². The van der Waals surface area contributed by atoms with Crippen LogP contribution in [0.2, 0.25) is 0 Å². The van der Waals surface area contributed by atoms with Gasteiger partial charge in [-0.1, -0.05) is 42.0 Å². The number of carbonyl (C=O) groups excluding carboxylic acids is 3. The van der Waals surface area contributed by atoms with Crippen molar-refractivity contribution in [3.8, 4) is 5.75 Å². The third-order valence-electron chi connectivity index (χ3n) is 5.82. The van der Waals surface area contributed by atoms with Gasteiger partial charge in [-0.15, -0.1) is 0 Å². The fourth-order valence-corrected chi connectivity index (χ4v) is 4.39. The zero-order valence-corrected chi connectivity index (χ0v) is 21.0. The van der Waals surface area contributed by atoms with Crippen molar-refractivity contribution in [1.29, 1.82) is 0 Å². The number of rotatable bonds is 6. The molecule has 0 spiro atoms. The SMILES string of the molecule is COc1cccc(NC(=O)C2CC(=O)N(c3ccc(C)cc3C)C(=S)N2NC(=O)c2ccccc2)c1. The van der Waals surface area contributed by atoms with Crippen LogP contribution in [0.25, 0.3) is 0 Å². The minimum absolute atomic E-state index is 0.00766. The summed E-state index contributed by atoms with van der Waals surface area (Å²) in [6.07, 6.45) is -0.196. The van der Waals surface area contributed by atoms with Crippen LogP contribution in [0.15, 0.2) is 72.8 Å². The van der Waals surface area contributed by atoms with Gasteiger partial charge in [0.15, 0.2) is 0 Å². The Morgan fingerprint density at radius 3 is 2.44 bits per heavy atom. The summed E-state index contributed by atoms with van der Waals surface area (Å²) in [7, 11) is 1.53. The quantitative estimate of drug-likeness (QED) is 0.496. The highest BCUT2D eigenvalue weighted by Crippen LogP contribution is 2.28. The van der Waals surface area contributed by atoms with Gasteiger partial charge < -0.3 is 10.1 Å². The Bertz CT molecular complexity index is 1330. The Kier molecular flexibility index (Phi) is 7.30. The lowest BCUT2D eigenvalue weighted by atomic mass is 10.1. The van der Waals surface area contributed by atoms with Crippen molar-refractivity contribution >= 4 is 46.4 Å². The summed E-state index contributed by atoms with van der Waals surface area (Å²) in [5.74, 6) is -0.721. The monoisotopic (exact) mass is 502 g/mol. The average Bonchev–Trinajstić information content (AvgIpc) is 2.87. The van der Waals surface area contributed by atoms with Crippen LogP contribution >= 0.6 is 12.2 Å². The van der Waals surface area contributed by atoms with E-state index in [4.69, 9.17) is 17.0 Å². The van der Waals surface area contributed by atoms with Gasteiger partial charge >= 0.3 is 0 Å². The first-order valence-corrected chi connectivity index (χ1v) is 11.7. The second-order valence-corrected chi connectivity index (χ2v) is 8.78. The smallest absolute Gasteiger partial charge is 0.269 e. The molecule has 1 aliphatic heterocycles. The van der Waals surface area contributed by atoms with E-state index in [9.17, 15) is 14.4 Å². The summed E-state index contributed by atoms with van der Waals surface area (Å²) >= 11 is 5.69. The number of nitrogens with one attached hydrogen (secondary N) is 2. The molecule has 1 aliphatic rings. The maximum absolute atomic E-state index is 13.4. The van der Waals surface area contributed by atoms with Gasteiger partial charge in [0.2, 0.25) is 16.9 Å². The maximum atomic E-state index is 13.4. The number of ether oxygens (including phenoxy) is 1. The number of carbonyl (C=O) groups is 3. The Morgan fingerprint density at radius 1 is 1.00 bits per heavy atom. The molecule has 0 bridgehead atoms. The number of hydrogen-bond acceptors (Lipinski definition) is 5. The molecule has 1 saturated heterocycles. The third kappa shape index (κ3) is 5.21. The number of methoxy groups -OCH3 is 1. The predicted octanol–water partition coefficient (Wildman–Crippen LogP) is 3.99. The van der Waals surface area contributed by atoms with Crippen LogP contribution in [-0.2, 0) is 9.59 Å². The number of hydrogen-bond donors (Lipinski definition) is 2. The number of hydrazine groups is 1. The van der Waals surface area contributed by atoms with Crippen molar-refractivity contribution < 1.29 is 19.1 Å². The van der Waals surface area contributed by atoms with E-state index < -0.39 is 17.9 Å². The zero-order valence-electron chi connectivity index (χ0n) is 20.1. The zero-order chi connectivity index (χ0) is 25.8. The highest BCUT2D eigenvalue weighted by Gasteiger charge is 2.42. The van der Waals surface area contributed by atoms with E-state index in [0.717, 1.165) is 11.1 Å². The molecule has 4 rings (SSSR count). The second kappa shape index (κ2) is 10.6. The first-order chi connectivity index (χ1) is 17.3. The minimum Gasteiger partial charge on any atom is -0.497 e. The largest absolute Gasteiger partial charge is 0.497 e. The summed E-state index contributed by atoms with van der Waals surface area (Å²) < 4.78 is 5.22. The molecule has 2 N–H and O–H groups in total. The molecule has 3 aromatic carbocycles. The van der Waals surface area contributed by atoms with E-state index >= 15 is 0 Å². The van der Waals surface area contributed by atoms with Crippen LogP contribution in [0.1, 0.15) is 27.9 Å². The highest BCUT2D eigenvalue weighted by atomic mass is 32.1. The molecule has 0 radical (unpaired) electrons. The molecule has 1 heterocycles. The Balaban J connectivity index is 1.67. The molecular weight excluding hydrogens is 476 g/mol. The van der Waals surface area contributed by atoms with Crippen LogP contribution in [-0.4, -0.2) is 41.0 Å². The van der Waals surface area contributed by atoms with E-state index in [1.54, 1.807) is 54.6 Å². The lowest BCUT2D eigenvalue weighted by Gasteiger charge is -2.41. The van der Waals surface area contributed by atoms with Crippen LogP contribution in [0.5, 0.6) is 5.75 Å². The number of benzene rings is 3. The van der Waals surface area contributed by atoms with E-state index in [1.165, 1.54) is 17.0 Å². The molecule has 184 valence electrons. The third-order valence-corrected chi connectivity index (χ3v) is 6.20. The number of thiocarbonyl (C=S) groups is 1. The molecule has 0 aliphatic carbocycles. The van der Waals surface area contributed by atoms with Crippen LogP contribution in [0, 0.1) is 13.8 Å².